The van der Waals surface area contributed by atoms with Crippen LogP contribution in [0, 0.1) is 0 Å². The van der Waals surface area contributed by atoms with Crippen molar-refractivity contribution in [3.8, 4) is 0 Å². The molecule has 6 nitrogen and oxygen atoms in total. The number of pyridine rings is 1. The van der Waals surface area contributed by atoms with E-state index >= 15 is 0 Å². The Hall–Kier alpha value is -1.86. The first kappa shape index (κ1) is 20.9. The van der Waals surface area contributed by atoms with Crippen LogP contribution < -0.4 is 15.5 Å². The molecule has 0 saturated carbocycles. The first-order valence-corrected chi connectivity index (χ1v) is 11.2. The average Bonchev–Trinajstić information content (AvgIpc) is 3.32. The number of hydrogen-bond acceptors (Lipinski definition) is 5. The van der Waals surface area contributed by atoms with Gasteiger partial charge in [-0.05, 0) is 25.5 Å². The van der Waals surface area contributed by atoms with Gasteiger partial charge in [0.05, 0.1) is 15.7 Å². The molecule has 1 aliphatic heterocycles. The quantitative estimate of drug-likeness (QED) is 0.528. The fraction of sp³-hybridized carbons (Fsp3) is 0.550. The van der Waals surface area contributed by atoms with Gasteiger partial charge in [0.25, 0.3) is 0 Å². The summed E-state index contributed by atoms with van der Waals surface area (Å²) in [6, 6.07) is 4.07. The van der Waals surface area contributed by atoms with E-state index in [0.717, 1.165) is 56.5 Å². The number of anilines is 1. The van der Waals surface area contributed by atoms with E-state index in [4.69, 9.17) is 16.6 Å². The van der Waals surface area contributed by atoms with Gasteiger partial charge in [-0.1, -0.05) is 25.4 Å². The Morgan fingerprint density at radius 2 is 2.32 bits per heavy atom. The molecule has 2 aromatic rings. The molecule has 0 bridgehead atoms. The fourth-order valence-corrected chi connectivity index (χ4v) is 4.29. The molecule has 0 spiro atoms. The maximum atomic E-state index is 6.29. The number of guanidine groups is 1. The van der Waals surface area contributed by atoms with Gasteiger partial charge >= 0.3 is 0 Å². The molecule has 1 aliphatic rings. The van der Waals surface area contributed by atoms with Gasteiger partial charge in [0.1, 0.15) is 5.82 Å². The summed E-state index contributed by atoms with van der Waals surface area (Å²) in [5.41, 5.74) is 1.13. The van der Waals surface area contributed by atoms with Crippen LogP contribution in [-0.4, -0.2) is 48.1 Å². The minimum absolute atomic E-state index is 0.322. The first-order valence-electron chi connectivity index (χ1n) is 9.91. The Morgan fingerprint density at radius 1 is 1.46 bits per heavy atom. The standard InChI is InChI=1S/C20H29ClN6S/c1-4-22-20(24-10-7-16-13-28-19(25-16)14(2)3)26-15-8-11-27(12-15)18-17(21)6-5-9-23-18/h5-6,9,13-15H,4,7-8,10-12H2,1-3H3,(H2,22,24,26). The lowest BCUT2D eigenvalue weighted by atomic mass is 10.2. The van der Waals surface area contributed by atoms with E-state index in [1.165, 1.54) is 5.01 Å². The molecular formula is C20H29ClN6S. The van der Waals surface area contributed by atoms with Gasteiger partial charge in [-0.2, -0.15) is 0 Å². The molecule has 1 fully saturated rings. The summed E-state index contributed by atoms with van der Waals surface area (Å²) in [6.45, 7) is 9.80. The number of aliphatic imine (C=N–C) groups is 1. The Labute approximate surface area is 176 Å². The SMILES string of the molecule is CCNC(=NCCc1csc(C(C)C)n1)NC1CCN(c2ncccc2Cl)C1. The van der Waals surface area contributed by atoms with E-state index < -0.39 is 0 Å². The van der Waals surface area contributed by atoms with Crippen LogP contribution >= 0.6 is 22.9 Å². The number of rotatable bonds is 7. The number of hydrogen-bond donors (Lipinski definition) is 2. The fourth-order valence-electron chi connectivity index (χ4n) is 3.18. The maximum Gasteiger partial charge on any atom is 0.191 e. The summed E-state index contributed by atoms with van der Waals surface area (Å²) < 4.78 is 0. The Kier molecular flexibility index (Phi) is 7.50. The van der Waals surface area contributed by atoms with Gasteiger partial charge in [-0.3, -0.25) is 4.99 Å². The van der Waals surface area contributed by atoms with Crippen molar-refractivity contribution >= 4 is 34.7 Å². The van der Waals surface area contributed by atoms with Crippen LogP contribution in [0.5, 0.6) is 0 Å². The summed E-state index contributed by atoms with van der Waals surface area (Å²) in [6.07, 6.45) is 3.68. The predicted octanol–water partition coefficient (Wildman–Crippen LogP) is 3.69. The molecule has 1 unspecified atom stereocenters. The third-order valence-electron chi connectivity index (χ3n) is 4.61. The van der Waals surface area contributed by atoms with Gasteiger partial charge in [0, 0.05) is 56.1 Å². The largest absolute Gasteiger partial charge is 0.357 e. The number of halogens is 1. The molecular weight excluding hydrogens is 392 g/mol. The molecule has 8 heteroatoms. The van der Waals surface area contributed by atoms with Crippen LogP contribution in [0.25, 0.3) is 0 Å². The zero-order valence-electron chi connectivity index (χ0n) is 16.8. The molecule has 0 radical (unpaired) electrons. The topological polar surface area (TPSA) is 65.4 Å². The van der Waals surface area contributed by atoms with Crippen molar-refractivity contribution in [3.05, 3.63) is 39.4 Å². The zero-order valence-corrected chi connectivity index (χ0v) is 18.4. The van der Waals surface area contributed by atoms with E-state index in [0.29, 0.717) is 17.0 Å². The van der Waals surface area contributed by atoms with Crippen molar-refractivity contribution in [1.82, 2.24) is 20.6 Å². The summed E-state index contributed by atoms with van der Waals surface area (Å²) in [7, 11) is 0. The zero-order chi connectivity index (χ0) is 19.9. The highest BCUT2D eigenvalue weighted by Crippen LogP contribution is 2.25. The summed E-state index contributed by atoms with van der Waals surface area (Å²) in [5.74, 6) is 2.21. The van der Waals surface area contributed by atoms with E-state index in [1.807, 2.05) is 12.1 Å². The van der Waals surface area contributed by atoms with Crippen molar-refractivity contribution in [2.75, 3.05) is 31.1 Å². The molecule has 152 valence electrons. The van der Waals surface area contributed by atoms with Gasteiger partial charge < -0.3 is 15.5 Å². The molecule has 28 heavy (non-hydrogen) atoms. The minimum atomic E-state index is 0.322. The molecule has 0 aliphatic carbocycles. The van der Waals surface area contributed by atoms with Crippen molar-refractivity contribution in [2.24, 2.45) is 4.99 Å². The Bertz CT molecular complexity index is 791. The summed E-state index contributed by atoms with van der Waals surface area (Å²) >= 11 is 8.03. The van der Waals surface area contributed by atoms with Crippen LogP contribution in [-0.2, 0) is 6.42 Å². The maximum absolute atomic E-state index is 6.29. The second-order valence-corrected chi connectivity index (χ2v) is 8.52. The van der Waals surface area contributed by atoms with Crippen LogP contribution in [0.2, 0.25) is 5.02 Å². The monoisotopic (exact) mass is 420 g/mol. The van der Waals surface area contributed by atoms with E-state index in [1.54, 1.807) is 17.5 Å². The summed E-state index contributed by atoms with van der Waals surface area (Å²) in [4.78, 5) is 16.1. The van der Waals surface area contributed by atoms with Gasteiger partial charge in [-0.15, -0.1) is 11.3 Å². The molecule has 3 rings (SSSR count). The molecule has 2 aromatic heterocycles. The van der Waals surface area contributed by atoms with E-state index in [2.05, 4.69) is 51.7 Å². The number of nitrogens with one attached hydrogen (secondary N) is 2. The second-order valence-electron chi connectivity index (χ2n) is 7.23. The average molecular weight is 421 g/mol. The number of nitrogens with zero attached hydrogens (tertiary/aromatic N) is 4. The highest BCUT2D eigenvalue weighted by atomic mass is 35.5. The molecule has 1 atom stereocenters. The Balaban J connectivity index is 1.54. The molecule has 0 aromatic carbocycles. The van der Waals surface area contributed by atoms with E-state index in [-0.39, 0.29) is 0 Å². The lowest BCUT2D eigenvalue weighted by molar-refractivity contribution is 0.648. The van der Waals surface area contributed by atoms with Crippen LogP contribution in [0.15, 0.2) is 28.7 Å². The van der Waals surface area contributed by atoms with Crippen LogP contribution in [0.3, 0.4) is 0 Å². The molecule has 1 saturated heterocycles. The normalized spacial score (nSPS) is 17.4. The van der Waals surface area contributed by atoms with Crippen molar-refractivity contribution in [1.29, 1.82) is 0 Å². The third-order valence-corrected chi connectivity index (χ3v) is 6.10. The lowest BCUT2D eigenvalue weighted by Gasteiger charge is -2.20. The van der Waals surface area contributed by atoms with Crippen LogP contribution in [0.4, 0.5) is 5.82 Å². The first-order chi connectivity index (χ1) is 13.6. The van der Waals surface area contributed by atoms with Gasteiger partial charge in [0.15, 0.2) is 5.96 Å². The van der Waals surface area contributed by atoms with Crippen molar-refractivity contribution in [3.63, 3.8) is 0 Å². The lowest BCUT2D eigenvalue weighted by Crippen LogP contribution is -2.44. The minimum Gasteiger partial charge on any atom is -0.357 e. The van der Waals surface area contributed by atoms with Gasteiger partial charge in [0.2, 0.25) is 0 Å². The van der Waals surface area contributed by atoms with Crippen molar-refractivity contribution in [2.45, 2.75) is 45.6 Å². The molecule has 3 heterocycles. The summed E-state index contributed by atoms with van der Waals surface area (Å²) in [5, 5.41) is 10.9. The smallest absolute Gasteiger partial charge is 0.191 e. The highest BCUT2D eigenvalue weighted by Gasteiger charge is 2.25. The second kappa shape index (κ2) is 10.1. The predicted molar refractivity (Wildman–Crippen MR) is 119 cm³/mol. The number of thiazole rings is 1. The Morgan fingerprint density at radius 3 is 3.04 bits per heavy atom. The van der Waals surface area contributed by atoms with Crippen LogP contribution in [0.1, 0.15) is 43.8 Å². The van der Waals surface area contributed by atoms with E-state index in [9.17, 15) is 0 Å². The molecule has 0 amide bonds. The third kappa shape index (κ3) is 5.58. The number of aromatic nitrogens is 2. The van der Waals surface area contributed by atoms with Gasteiger partial charge in [-0.25, -0.2) is 9.97 Å². The highest BCUT2D eigenvalue weighted by molar-refractivity contribution is 7.09. The molecule has 2 N–H and O–H groups in total. The van der Waals surface area contributed by atoms with Crippen molar-refractivity contribution < 1.29 is 0 Å².